The number of aryl methyl sites for hydroxylation is 1. The molecule has 92 valence electrons. The Hall–Kier alpha value is -1.70. The van der Waals surface area contributed by atoms with Crippen LogP contribution in [-0.2, 0) is 12.8 Å². The number of rotatable bonds is 1. The summed E-state index contributed by atoms with van der Waals surface area (Å²) in [4.78, 5) is 0. The second kappa shape index (κ2) is 4.52. The standard InChI is InChI=1S/C16H14F2/c17-15-9-8-12-6-7-13(10-14(12)16(15)18)11-4-2-1-3-5-11/h1-5,8-9,13H,6-7,10H2/t13-/m1/s1. The molecular formula is C16H14F2. The third-order valence-corrected chi connectivity index (χ3v) is 3.78. The van der Waals surface area contributed by atoms with Gasteiger partial charge in [0, 0.05) is 0 Å². The minimum Gasteiger partial charge on any atom is -0.204 e. The molecular weight excluding hydrogens is 230 g/mol. The van der Waals surface area contributed by atoms with E-state index in [9.17, 15) is 8.78 Å². The van der Waals surface area contributed by atoms with Gasteiger partial charge in [-0.15, -0.1) is 0 Å². The highest BCUT2D eigenvalue weighted by molar-refractivity contribution is 5.35. The lowest BCUT2D eigenvalue weighted by Gasteiger charge is -2.25. The normalized spacial score (nSPS) is 18.4. The SMILES string of the molecule is Fc1ccc2c(c1F)C[C@H](c1ccccc1)CC2. The summed E-state index contributed by atoms with van der Waals surface area (Å²) in [6.07, 6.45) is 2.43. The first-order valence-electron chi connectivity index (χ1n) is 6.26. The Balaban J connectivity index is 1.96. The molecule has 0 saturated heterocycles. The van der Waals surface area contributed by atoms with Crippen LogP contribution in [0.1, 0.15) is 29.0 Å². The van der Waals surface area contributed by atoms with Crippen LogP contribution in [0, 0.1) is 11.6 Å². The fourth-order valence-corrected chi connectivity index (χ4v) is 2.78. The number of halogens is 2. The lowest BCUT2D eigenvalue weighted by molar-refractivity contribution is 0.476. The van der Waals surface area contributed by atoms with Gasteiger partial charge in [0.05, 0.1) is 0 Å². The lowest BCUT2D eigenvalue weighted by Crippen LogP contribution is -2.15. The van der Waals surface area contributed by atoms with Gasteiger partial charge in [0.1, 0.15) is 0 Å². The Morgan fingerprint density at radius 1 is 0.944 bits per heavy atom. The number of hydrogen-bond acceptors (Lipinski definition) is 0. The van der Waals surface area contributed by atoms with Gasteiger partial charge in [-0.3, -0.25) is 0 Å². The summed E-state index contributed by atoms with van der Waals surface area (Å²) >= 11 is 0. The van der Waals surface area contributed by atoms with E-state index in [1.807, 2.05) is 18.2 Å². The van der Waals surface area contributed by atoms with Crippen molar-refractivity contribution in [2.75, 3.05) is 0 Å². The molecule has 0 bridgehead atoms. The Morgan fingerprint density at radius 3 is 2.50 bits per heavy atom. The quantitative estimate of drug-likeness (QED) is 0.704. The molecule has 1 aliphatic rings. The molecule has 0 unspecified atom stereocenters. The van der Waals surface area contributed by atoms with E-state index in [0.29, 0.717) is 17.9 Å². The Bertz CT molecular complexity index is 561. The van der Waals surface area contributed by atoms with Crippen molar-refractivity contribution in [3.05, 3.63) is 70.8 Å². The summed E-state index contributed by atoms with van der Waals surface area (Å²) in [6.45, 7) is 0. The molecule has 18 heavy (non-hydrogen) atoms. The van der Waals surface area contributed by atoms with Gasteiger partial charge in [-0.1, -0.05) is 36.4 Å². The minimum absolute atomic E-state index is 0.301. The van der Waals surface area contributed by atoms with E-state index < -0.39 is 11.6 Å². The van der Waals surface area contributed by atoms with Gasteiger partial charge in [0.25, 0.3) is 0 Å². The summed E-state index contributed by atoms with van der Waals surface area (Å²) in [5.41, 5.74) is 2.74. The van der Waals surface area contributed by atoms with Crippen LogP contribution in [0.3, 0.4) is 0 Å². The lowest BCUT2D eigenvalue weighted by atomic mass is 9.80. The molecule has 0 spiro atoms. The molecule has 0 aromatic heterocycles. The van der Waals surface area contributed by atoms with Gasteiger partial charge in [0.15, 0.2) is 11.6 Å². The Morgan fingerprint density at radius 2 is 1.72 bits per heavy atom. The minimum atomic E-state index is -0.734. The Labute approximate surface area is 105 Å². The molecule has 0 aliphatic heterocycles. The molecule has 2 aromatic carbocycles. The van der Waals surface area contributed by atoms with Crippen molar-refractivity contribution in [3.63, 3.8) is 0 Å². The largest absolute Gasteiger partial charge is 0.204 e. The summed E-state index contributed by atoms with van der Waals surface area (Å²) in [6, 6.07) is 13.0. The maximum absolute atomic E-state index is 13.8. The summed E-state index contributed by atoms with van der Waals surface area (Å²) < 4.78 is 27.1. The third kappa shape index (κ3) is 1.92. The van der Waals surface area contributed by atoms with Crippen LogP contribution in [0.5, 0.6) is 0 Å². The maximum atomic E-state index is 13.8. The van der Waals surface area contributed by atoms with Crippen molar-refractivity contribution in [3.8, 4) is 0 Å². The zero-order valence-electron chi connectivity index (χ0n) is 10.00. The van der Waals surface area contributed by atoms with Crippen LogP contribution in [0.25, 0.3) is 0 Å². The molecule has 1 aliphatic carbocycles. The summed E-state index contributed by atoms with van der Waals surface area (Å²) in [5.74, 6) is -1.09. The Kier molecular flexibility index (Phi) is 2.86. The van der Waals surface area contributed by atoms with Gasteiger partial charge in [-0.2, -0.15) is 0 Å². The van der Waals surface area contributed by atoms with Gasteiger partial charge < -0.3 is 0 Å². The first-order chi connectivity index (χ1) is 8.75. The van der Waals surface area contributed by atoms with Crippen LogP contribution < -0.4 is 0 Å². The van der Waals surface area contributed by atoms with Gasteiger partial charge >= 0.3 is 0 Å². The molecule has 0 saturated carbocycles. The van der Waals surface area contributed by atoms with Crippen molar-refractivity contribution in [1.29, 1.82) is 0 Å². The number of fused-ring (bicyclic) bond motifs is 1. The van der Waals surface area contributed by atoms with Crippen molar-refractivity contribution < 1.29 is 8.78 Å². The molecule has 0 heterocycles. The second-order valence-electron chi connectivity index (χ2n) is 4.85. The highest BCUT2D eigenvalue weighted by Crippen LogP contribution is 2.34. The van der Waals surface area contributed by atoms with Gasteiger partial charge in [-0.05, 0) is 47.9 Å². The molecule has 0 N–H and O–H groups in total. The monoisotopic (exact) mass is 244 g/mol. The predicted molar refractivity (Wildman–Crippen MR) is 67.6 cm³/mol. The van der Waals surface area contributed by atoms with Gasteiger partial charge in [0.2, 0.25) is 0 Å². The van der Waals surface area contributed by atoms with E-state index in [0.717, 1.165) is 18.4 Å². The molecule has 0 amide bonds. The fraction of sp³-hybridized carbons (Fsp3) is 0.250. The average Bonchev–Trinajstić information content (AvgIpc) is 2.44. The topological polar surface area (TPSA) is 0 Å². The molecule has 0 nitrogen and oxygen atoms in total. The molecule has 1 atom stereocenters. The van der Waals surface area contributed by atoms with Crippen LogP contribution >= 0.6 is 0 Å². The van der Waals surface area contributed by atoms with Crippen molar-refractivity contribution in [2.24, 2.45) is 0 Å². The van der Waals surface area contributed by atoms with Crippen LogP contribution in [0.2, 0.25) is 0 Å². The molecule has 3 rings (SSSR count). The molecule has 2 heteroatoms. The predicted octanol–water partition coefficient (Wildman–Crippen LogP) is 4.24. The van der Waals surface area contributed by atoms with Gasteiger partial charge in [-0.25, -0.2) is 8.78 Å². The van der Waals surface area contributed by atoms with E-state index in [4.69, 9.17) is 0 Å². The van der Waals surface area contributed by atoms with Crippen molar-refractivity contribution >= 4 is 0 Å². The van der Waals surface area contributed by atoms with E-state index in [1.165, 1.54) is 11.6 Å². The van der Waals surface area contributed by atoms with E-state index in [1.54, 1.807) is 6.07 Å². The fourth-order valence-electron chi connectivity index (χ4n) is 2.78. The first kappa shape index (κ1) is 11.4. The first-order valence-corrected chi connectivity index (χ1v) is 6.26. The number of benzene rings is 2. The molecule has 2 aromatic rings. The van der Waals surface area contributed by atoms with Crippen LogP contribution in [-0.4, -0.2) is 0 Å². The zero-order chi connectivity index (χ0) is 12.5. The summed E-state index contributed by atoms with van der Waals surface area (Å²) in [7, 11) is 0. The average molecular weight is 244 g/mol. The maximum Gasteiger partial charge on any atom is 0.162 e. The molecule has 0 radical (unpaired) electrons. The highest BCUT2D eigenvalue weighted by Gasteiger charge is 2.24. The van der Waals surface area contributed by atoms with E-state index in [2.05, 4.69) is 12.1 Å². The third-order valence-electron chi connectivity index (χ3n) is 3.78. The highest BCUT2D eigenvalue weighted by atomic mass is 19.2. The number of hydrogen-bond donors (Lipinski definition) is 0. The van der Waals surface area contributed by atoms with Crippen molar-refractivity contribution in [2.45, 2.75) is 25.2 Å². The van der Waals surface area contributed by atoms with E-state index >= 15 is 0 Å². The van der Waals surface area contributed by atoms with Crippen molar-refractivity contribution in [1.82, 2.24) is 0 Å². The van der Waals surface area contributed by atoms with E-state index in [-0.39, 0.29) is 0 Å². The smallest absolute Gasteiger partial charge is 0.162 e. The second-order valence-corrected chi connectivity index (χ2v) is 4.85. The summed E-state index contributed by atoms with van der Waals surface area (Å²) in [5, 5.41) is 0. The van der Waals surface area contributed by atoms with Crippen LogP contribution in [0.4, 0.5) is 8.78 Å². The zero-order valence-corrected chi connectivity index (χ0v) is 10.00. The molecule has 0 fully saturated rings. The van der Waals surface area contributed by atoms with Crippen LogP contribution in [0.15, 0.2) is 42.5 Å².